The van der Waals surface area contributed by atoms with E-state index in [2.05, 4.69) is 58.0 Å². The molecular weight excluding hydrogens is 525 g/mol. The summed E-state index contributed by atoms with van der Waals surface area (Å²) >= 11 is 7.88. The van der Waals surface area contributed by atoms with Crippen molar-refractivity contribution in [2.45, 2.75) is 71.3 Å². The molecule has 0 spiro atoms. The van der Waals surface area contributed by atoms with Crippen LogP contribution in [-0.4, -0.2) is 40.7 Å². The molecule has 6 nitrogen and oxygen atoms in total. The summed E-state index contributed by atoms with van der Waals surface area (Å²) in [5, 5.41) is 8.53. The average Bonchev–Trinajstić information content (AvgIpc) is 2.71. The second-order valence-electron chi connectivity index (χ2n) is 8.49. The number of benzene rings is 1. The SMILES string of the molecule is Cc1cc(OC(C)C(=S)NC(C)(C)CC=NOC2CCCCO2)cc2cc(I)cnc12. The first-order chi connectivity index (χ1) is 14.7. The van der Waals surface area contributed by atoms with Gasteiger partial charge in [0.05, 0.1) is 12.1 Å². The van der Waals surface area contributed by atoms with Gasteiger partial charge < -0.3 is 19.6 Å². The fourth-order valence-corrected chi connectivity index (χ4v) is 4.15. The third kappa shape index (κ3) is 7.25. The Balaban J connectivity index is 1.53. The highest BCUT2D eigenvalue weighted by Gasteiger charge is 2.22. The van der Waals surface area contributed by atoms with Crippen LogP contribution in [0, 0.1) is 10.5 Å². The molecular formula is C23H30IN3O3S. The zero-order chi connectivity index (χ0) is 22.4. The maximum absolute atomic E-state index is 6.15. The number of thiocarbonyl (C=S) groups is 1. The van der Waals surface area contributed by atoms with Crippen LogP contribution in [-0.2, 0) is 9.57 Å². The van der Waals surface area contributed by atoms with Gasteiger partial charge in [0, 0.05) is 39.7 Å². The van der Waals surface area contributed by atoms with Crippen LogP contribution in [0.2, 0.25) is 0 Å². The highest BCUT2D eigenvalue weighted by molar-refractivity contribution is 14.1. The molecule has 8 heteroatoms. The number of hydrogen-bond acceptors (Lipinski definition) is 6. The Hall–Kier alpha value is -1.52. The largest absolute Gasteiger partial charge is 0.484 e. The van der Waals surface area contributed by atoms with Crippen molar-refractivity contribution in [3.63, 3.8) is 0 Å². The van der Waals surface area contributed by atoms with E-state index in [1.54, 1.807) is 6.21 Å². The maximum atomic E-state index is 6.15. The highest BCUT2D eigenvalue weighted by Crippen LogP contribution is 2.25. The Bertz CT molecular complexity index is 945. The lowest BCUT2D eigenvalue weighted by atomic mass is 10.0. The predicted molar refractivity (Wildman–Crippen MR) is 137 cm³/mol. The second kappa shape index (κ2) is 10.9. The fourth-order valence-electron chi connectivity index (χ4n) is 3.35. The molecule has 2 aromatic rings. The fraction of sp³-hybridized carbons (Fsp3) is 0.522. The van der Waals surface area contributed by atoms with Crippen LogP contribution in [0.25, 0.3) is 10.9 Å². The standard InChI is InChI=1S/C23H30IN3O3S/c1-15-11-19(13-17-12-18(24)14-25-21(15)17)29-16(2)22(31)27-23(3,4)8-9-26-30-20-7-5-6-10-28-20/h9,11-14,16,20H,5-8,10H2,1-4H3,(H,27,31). The molecule has 2 heterocycles. The minimum Gasteiger partial charge on any atom is -0.484 e. The van der Waals surface area contributed by atoms with Crippen LogP contribution >= 0.6 is 34.8 Å². The van der Waals surface area contributed by atoms with Crippen molar-refractivity contribution in [2.24, 2.45) is 5.16 Å². The van der Waals surface area contributed by atoms with Crippen molar-refractivity contribution in [2.75, 3.05) is 6.61 Å². The molecule has 0 bridgehead atoms. The number of ether oxygens (including phenoxy) is 2. The lowest BCUT2D eigenvalue weighted by Crippen LogP contribution is -2.47. The number of fused-ring (bicyclic) bond motifs is 1. The van der Waals surface area contributed by atoms with Crippen molar-refractivity contribution in [3.05, 3.63) is 33.5 Å². The summed E-state index contributed by atoms with van der Waals surface area (Å²) in [4.78, 5) is 10.6. The number of nitrogens with one attached hydrogen (secondary N) is 1. The van der Waals surface area contributed by atoms with Gasteiger partial charge in [-0.3, -0.25) is 4.98 Å². The van der Waals surface area contributed by atoms with E-state index in [4.69, 9.17) is 26.5 Å². The van der Waals surface area contributed by atoms with Gasteiger partial charge in [-0.25, -0.2) is 0 Å². The molecule has 0 aliphatic carbocycles. The number of aromatic nitrogens is 1. The minimum absolute atomic E-state index is 0.223. The average molecular weight is 555 g/mol. The molecule has 0 amide bonds. The molecule has 2 atom stereocenters. The molecule has 1 fully saturated rings. The third-order valence-electron chi connectivity index (χ3n) is 5.05. The van der Waals surface area contributed by atoms with Gasteiger partial charge in [0.2, 0.25) is 6.29 Å². The summed E-state index contributed by atoms with van der Waals surface area (Å²) in [5.41, 5.74) is 1.78. The minimum atomic E-state index is -0.283. The van der Waals surface area contributed by atoms with Crippen LogP contribution in [0.3, 0.4) is 0 Å². The number of nitrogens with zero attached hydrogens (tertiary/aromatic N) is 2. The quantitative estimate of drug-likeness (QED) is 0.200. The van der Waals surface area contributed by atoms with Crippen LogP contribution in [0.15, 0.2) is 29.6 Å². The first kappa shape index (κ1) is 24.1. The molecule has 0 radical (unpaired) electrons. The Morgan fingerprint density at radius 3 is 2.97 bits per heavy atom. The van der Waals surface area contributed by atoms with Gasteiger partial charge in [0.25, 0.3) is 0 Å². The van der Waals surface area contributed by atoms with Gasteiger partial charge in [-0.05, 0) is 86.9 Å². The Morgan fingerprint density at radius 2 is 2.23 bits per heavy atom. The zero-order valence-electron chi connectivity index (χ0n) is 18.5. The summed E-state index contributed by atoms with van der Waals surface area (Å²) in [6.45, 7) is 8.88. The molecule has 0 saturated carbocycles. The van der Waals surface area contributed by atoms with E-state index in [1.165, 1.54) is 0 Å². The molecule has 3 rings (SSSR count). The molecule has 2 unspecified atom stereocenters. The topological polar surface area (TPSA) is 65.0 Å². The van der Waals surface area contributed by atoms with Crippen molar-refractivity contribution >= 4 is 56.9 Å². The Labute approximate surface area is 203 Å². The van der Waals surface area contributed by atoms with Crippen molar-refractivity contribution in [1.29, 1.82) is 0 Å². The van der Waals surface area contributed by atoms with E-state index < -0.39 is 0 Å². The van der Waals surface area contributed by atoms with E-state index in [-0.39, 0.29) is 17.9 Å². The number of hydrogen-bond donors (Lipinski definition) is 1. The Morgan fingerprint density at radius 1 is 1.42 bits per heavy atom. The molecule has 1 aromatic heterocycles. The normalized spacial score (nSPS) is 18.2. The lowest BCUT2D eigenvalue weighted by molar-refractivity contribution is -0.161. The van der Waals surface area contributed by atoms with Crippen LogP contribution < -0.4 is 10.1 Å². The van der Waals surface area contributed by atoms with E-state index in [0.717, 1.165) is 51.7 Å². The maximum Gasteiger partial charge on any atom is 0.226 e. The van der Waals surface area contributed by atoms with Gasteiger partial charge in [-0.1, -0.05) is 17.4 Å². The van der Waals surface area contributed by atoms with Crippen molar-refractivity contribution in [3.8, 4) is 5.75 Å². The molecule has 1 N–H and O–H groups in total. The van der Waals surface area contributed by atoms with Crippen molar-refractivity contribution in [1.82, 2.24) is 10.3 Å². The number of rotatable bonds is 8. The molecule has 1 aromatic carbocycles. The van der Waals surface area contributed by atoms with Gasteiger partial charge >= 0.3 is 0 Å². The summed E-state index contributed by atoms with van der Waals surface area (Å²) in [5.74, 6) is 0.783. The lowest BCUT2D eigenvalue weighted by Gasteiger charge is -2.29. The molecule has 1 saturated heterocycles. The van der Waals surface area contributed by atoms with Crippen LogP contribution in [0.5, 0.6) is 5.75 Å². The van der Waals surface area contributed by atoms with E-state index in [9.17, 15) is 0 Å². The first-order valence-electron chi connectivity index (χ1n) is 10.6. The summed E-state index contributed by atoms with van der Waals surface area (Å²) < 4.78 is 12.8. The number of pyridine rings is 1. The molecule has 31 heavy (non-hydrogen) atoms. The predicted octanol–water partition coefficient (Wildman–Crippen LogP) is 5.53. The summed E-state index contributed by atoms with van der Waals surface area (Å²) in [6.07, 6.45) is 6.90. The number of oxime groups is 1. The first-order valence-corrected chi connectivity index (χ1v) is 12.1. The Kier molecular flexibility index (Phi) is 8.46. The van der Waals surface area contributed by atoms with Crippen LogP contribution in [0.1, 0.15) is 52.0 Å². The molecule has 1 aliphatic rings. The number of halogens is 1. The molecule has 168 valence electrons. The van der Waals surface area contributed by atoms with E-state index in [1.807, 2.05) is 32.2 Å². The van der Waals surface area contributed by atoms with Gasteiger partial charge in [-0.2, -0.15) is 0 Å². The van der Waals surface area contributed by atoms with E-state index in [0.29, 0.717) is 11.4 Å². The van der Waals surface area contributed by atoms with Gasteiger partial charge in [0.15, 0.2) is 0 Å². The van der Waals surface area contributed by atoms with Crippen LogP contribution in [0.4, 0.5) is 0 Å². The monoisotopic (exact) mass is 555 g/mol. The second-order valence-corrected chi connectivity index (χ2v) is 10.2. The third-order valence-corrected chi connectivity index (χ3v) is 6.07. The van der Waals surface area contributed by atoms with E-state index >= 15 is 0 Å². The van der Waals surface area contributed by atoms with Gasteiger partial charge in [-0.15, -0.1) is 0 Å². The zero-order valence-corrected chi connectivity index (χ0v) is 21.5. The smallest absolute Gasteiger partial charge is 0.226 e. The van der Waals surface area contributed by atoms with Gasteiger partial charge in [0.1, 0.15) is 16.8 Å². The van der Waals surface area contributed by atoms with Crippen molar-refractivity contribution < 1.29 is 14.3 Å². The molecule has 1 aliphatic heterocycles. The highest BCUT2D eigenvalue weighted by atomic mass is 127. The number of aryl methyl sites for hydroxylation is 1. The summed E-state index contributed by atoms with van der Waals surface area (Å²) in [6, 6.07) is 6.12. The summed E-state index contributed by atoms with van der Waals surface area (Å²) in [7, 11) is 0.